The molecule has 3 nitrogen and oxygen atoms in total. The Morgan fingerprint density at radius 1 is 1.30 bits per heavy atom. The molecule has 106 valence electrons. The van der Waals surface area contributed by atoms with E-state index in [1.54, 1.807) is 32.3 Å². The van der Waals surface area contributed by atoms with Gasteiger partial charge in [0.05, 0.1) is 16.8 Å². The van der Waals surface area contributed by atoms with E-state index in [4.69, 9.17) is 0 Å². The third-order valence-electron chi connectivity index (χ3n) is 2.77. The monoisotopic (exact) mass is 346 g/mol. The minimum absolute atomic E-state index is 0.207. The standard InChI is InChI=1S/C13H10BrF3N2O/c1-19(2)11-7-4-3-5-9(14)10(7)18-6-8(11)12(20)13(15,16)17/h3-6H,1-2H3. The number of Topliss-reactive ketones (excluding diaryl/α,β-unsaturated/α-hetero) is 1. The van der Waals surface area contributed by atoms with Gasteiger partial charge in [-0.25, -0.2) is 0 Å². The average molecular weight is 347 g/mol. The van der Waals surface area contributed by atoms with Crippen LogP contribution in [0.4, 0.5) is 18.9 Å². The molecule has 0 atom stereocenters. The van der Waals surface area contributed by atoms with Crippen LogP contribution >= 0.6 is 15.9 Å². The Kier molecular flexibility index (Phi) is 3.73. The second kappa shape index (κ2) is 5.05. The Bertz CT molecular complexity index is 683. The molecule has 1 heterocycles. The molecule has 2 aromatic rings. The second-order valence-electron chi connectivity index (χ2n) is 4.38. The molecular weight excluding hydrogens is 337 g/mol. The Morgan fingerprint density at radius 2 is 1.95 bits per heavy atom. The number of fused-ring (bicyclic) bond motifs is 1. The molecule has 1 aromatic carbocycles. The summed E-state index contributed by atoms with van der Waals surface area (Å²) in [5, 5.41) is 0.486. The quantitative estimate of drug-likeness (QED) is 0.775. The van der Waals surface area contributed by atoms with Crippen molar-refractivity contribution < 1.29 is 18.0 Å². The van der Waals surface area contributed by atoms with Crippen molar-refractivity contribution in [3.05, 3.63) is 34.4 Å². The highest BCUT2D eigenvalue weighted by Crippen LogP contribution is 2.34. The average Bonchev–Trinajstić information content (AvgIpc) is 2.35. The summed E-state index contributed by atoms with van der Waals surface area (Å²) in [7, 11) is 3.17. The van der Waals surface area contributed by atoms with Gasteiger partial charge < -0.3 is 4.90 Å². The number of halogens is 4. The summed E-state index contributed by atoms with van der Waals surface area (Å²) < 4.78 is 38.6. The number of carbonyl (C=O) groups excluding carboxylic acids is 1. The van der Waals surface area contributed by atoms with Crippen LogP contribution in [0.25, 0.3) is 10.9 Å². The van der Waals surface area contributed by atoms with Crippen LogP contribution in [0.3, 0.4) is 0 Å². The molecule has 7 heteroatoms. The summed E-state index contributed by atoms with van der Waals surface area (Å²) >= 11 is 3.29. The highest BCUT2D eigenvalue weighted by molar-refractivity contribution is 9.10. The fourth-order valence-electron chi connectivity index (χ4n) is 1.97. The predicted octanol–water partition coefficient (Wildman–Crippen LogP) is 3.81. The number of anilines is 1. The third-order valence-corrected chi connectivity index (χ3v) is 3.41. The number of rotatable bonds is 2. The minimum atomic E-state index is -4.92. The van der Waals surface area contributed by atoms with Gasteiger partial charge in [0.25, 0.3) is 5.78 Å². The number of alkyl halides is 3. The first kappa shape index (κ1) is 14.8. The van der Waals surface area contributed by atoms with Gasteiger partial charge in [-0.15, -0.1) is 0 Å². The van der Waals surface area contributed by atoms with Crippen LogP contribution in [0.1, 0.15) is 10.4 Å². The lowest BCUT2D eigenvalue weighted by atomic mass is 10.1. The van der Waals surface area contributed by atoms with E-state index in [1.807, 2.05) is 0 Å². The van der Waals surface area contributed by atoms with Crippen molar-refractivity contribution in [2.75, 3.05) is 19.0 Å². The summed E-state index contributed by atoms with van der Waals surface area (Å²) in [6, 6.07) is 5.05. The molecule has 0 aliphatic heterocycles. The molecule has 0 aliphatic rings. The predicted molar refractivity (Wildman–Crippen MR) is 74.2 cm³/mol. The van der Waals surface area contributed by atoms with E-state index in [-0.39, 0.29) is 5.69 Å². The van der Waals surface area contributed by atoms with E-state index in [2.05, 4.69) is 20.9 Å². The van der Waals surface area contributed by atoms with Gasteiger partial charge >= 0.3 is 6.18 Å². The number of aromatic nitrogens is 1. The lowest BCUT2D eigenvalue weighted by Gasteiger charge is -2.20. The molecule has 0 unspecified atom stereocenters. The molecule has 0 bridgehead atoms. The summed E-state index contributed by atoms with van der Waals surface area (Å²) in [6.45, 7) is 0. The van der Waals surface area contributed by atoms with Gasteiger partial charge in [0, 0.05) is 30.2 Å². The van der Waals surface area contributed by atoms with Gasteiger partial charge in [-0.1, -0.05) is 12.1 Å². The molecule has 0 saturated heterocycles. The molecule has 0 aliphatic carbocycles. The molecule has 1 aromatic heterocycles. The maximum atomic E-state index is 12.7. The van der Waals surface area contributed by atoms with Gasteiger partial charge in [0.15, 0.2) is 0 Å². The van der Waals surface area contributed by atoms with Crippen LogP contribution in [0.2, 0.25) is 0 Å². The van der Waals surface area contributed by atoms with Crippen LogP contribution in [0.15, 0.2) is 28.9 Å². The molecule has 20 heavy (non-hydrogen) atoms. The zero-order valence-electron chi connectivity index (χ0n) is 10.6. The first-order valence-electron chi connectivity index (χ1n) is 5.59. The molecule has 0 amide bonds. The van der Waals surface area contributed by atoms with Gasteiger partial charge in [0.2, 0.25) is 0 Å². The number of ketones is 1. The zero-order chi connectivity index (χ0) is 15.1. The smallest absolute Gasteiger partial charge is 0.376 e. The Hall–Kier alpha value is -1.63. The highest BCUT2D eigenvalue weighted by atomic mass is 79.9. The fourth-order valence-corrected chi connectivity index (χ4v) is 2.44. The molecule has 0 N–H and O–H groups in total. The number of benzene rings is 1. The van der Waals surface area contributed by atoms with Crippen LogP contribution in [-0.2, 0) is 0 Å². The second-order valence-corrected chi connectivity index (χ2v) is 5.23. The molecule has 0 radical (unpaired) electrons. The van der Waals surface area contributed by atoms with Crippen molar-refractivity contribution in [1.29, 1.82) is 0 Å². The van der Waals surface area contributed by atoms with E-state index in [0.29, 0.717) is 15.4 Å². The van der Waals surface area contributed by atoms with Gasteiger partial charge in [-0.05, 0) is 22.0 Å². The van der Waals surface area contributed by atoms with Crippen molar-refractivity contribution >= 4 is 38.3 Å². The van der Waals surface area contributed by atoms with Crippen molar-refractivity contribution in [3.8, 4) is 0 Å². The minimum Gasteiger partial charge on any atom is -0.376 e. The first-order chi connectivity index (χ1) is 9.23. The summed E-state index contributed by atoms with van der Waals surface area (Å²) in [6.07, 6.45) is -3.95. The van der Waals surface area contributed by atoms with Crippen LogP contribution < -0.4 is 4.90 Å². The zero-order valence-corrected chi connectivity index (χ0v) is 12.2. The third kappa shape index (κ3) is 2.49. The normalized spacial score (nSPS) is 11.7. The Morgan fingerprint density at radius 3 is 2.50 bits per heavy atom. The van der Waals surface area contributed by atoms with E-state index in [1.165, 1.54) is 4.90 Å². The lowest BCUT2D eigenvalue weighted by molar-refractivity contribution is -0.0884. The van der Waals surface area contributed by atoms with E-state index < -0.39 is 17.5 Å². The number of pyridine rings is 1. The maximum absolute atomic E-state index is 12.7. The number of hydrogen-bond donors (Lipinski definition) is 0. The van der Waals surface area contributed by atoms with Crippen LogP contribution in [-0.4, -0.2) is 31.0 Å². The Balaban J connectivity index is 2.81. The van der Waals surface area contributed by atoms with Gasteiger partial charge in [-0.2, -0.15) is 13.2 Å². The highest BCUT2D eigenvalue weighted by Gasteiger charge is 2.41. The number of hydrogen-bond acceptors (Lipinski definition) is 3. The van der Waals surface area contributed by atoms with Crippen molar-refractivity contribution in [1.82, 2.24) is 4.98 Å². The molecule has 0 spiro atoms. The maximum Gasteiger partial charge on any atom is 0.455 e. The fraction of sp³-hybridized carbons (Fsp3) is 0.231. The molecule has 0 saturated carbocycles. The lowest BCUT2D eigenvalue weighted by Crippen LogP contribution is -2.26. The van der Waals surface area contributed by atoms with E-state index in [0.717, 1.165) is 6.20 Å². The van der Waals surface area contributed by atoms with E-state index >= 15 is 0 Å². The number of para-hydroxylation sites is 1. The number of nitrogens with zero attached hydrogens (tertiary/aromatic N) is 2. The van der Waals surface area contributed by atoms with Crippen molar-refractivity contribution in [2.45, 2.75) is 6.18 Å². The molecule has 2 rings (SSSR count). The van der Waals surface area contributed by atoms with Crippen LogP contribution in [0.5, 0.6) is 0 Å². The summed E-state index contributed by atoms with van der Waals surface area (Å²) in [5.41, 5.74) is 0.265. The van der Waals surface area contributed by atoms with Gasteiger partial charge in [-0.3, -0.25) is 9.78 Å². The first-order valence-corrected chi connectivity index (χ1v) is 6.39. The topological polar surface area (TPSA) is 33.2 Å². The van der Waals surface area contributed by atoms with E-state index in [9.17, 15) is 18.0 Å². The van der Waals surface area contributed by atoms with Gasteiger partial charge in [0.1, 0.15) is 0 Å². The molecule has 0 fully saturated rings. The number of carbonyl (C=O) groups is 1. The largest absolute Gasteiger partial charge is 0.455 e. The SMILES string of the molecule is CN(C)c1c(C(=O)C(F)(F)F)cnc2c(Br)cccc12. The molecular formula is C13H10BrF3N2O. The Labute approximate surface area is 121 Å². The van der Waals surface area contributed by atoms with Crippen molar-refractivity contribution in [3.63, 3.8) is 0 Å². The summed E-state index contributed by atoms with van der Waals surface area (Å²) in [5.74, 6) is -1.89. The summed E-state index contributed by atoms with van der Waals surface area (Å²) in [4.78, 5) is 17.0. The van der Waals surface area contributed by atoms with Crippen molar-refractivity contribution in [2.24, 2.45) is 0 Å². The van der Waals surface area contributed by atoms with Crippen LogP contribution in [0, 0.1) is 0 Å².